The number of esters is 1. The van der Waals surface area contributed by atoms with Crippen LogP contribution in [-0.4, -0.2) is 16.9 Å². The summed E-state index contributed by atoms with van der Waals surface area (Å²) in [5, 5.41) is 0.742. The number of carbonyl (C=O) groups is 1. The molecule has 52 valence electrons. The zero-order valence-electron chi connectivity index (χ0n) is 5.32. The summed E-state index contributed by atoms with van der Waals surface area (Å²) in [4.78, 5) is 10.6. The second kappa shape index (κ2) is 2.29. The predicted octanol–water partition coefficient (Wildman–Crippen LogP) is 1.48. The molecule has 1 aliphatic heterocycles. The molecule has 1 aliphatic rings. The number of rotatable bonds is 1. The van der Waals surface area contributed by atoms with Gasteiger partial charge < -0.3 is 4.74 Å². The van der Waals surface area contributed by atoms with Gasteiger partial charge in [0.1, 0.15) is 5.60 Å². The molecule has 0 aromatic rings. The summed E-state index contributed by atoms with van der Waals surface area (Å²) in [7, 11) is 0. The molecular weight excluding hydrogens is 184 g/mol. The molecule has 9 heavy (non-hydrogen) atoms. The zero-order valence-corrected chi connectivity index (χ0v) is 6.90. The molecule has 0 aliphatic carbocycles. The average molecular weight is 193 g/mol. The lowest BCUT2D eigenvalue weighted by Gasteiger charge is -2.18. The molecule has 0 amide bonds. The monoisotopic (exact) mass is 192 g/mol. The van der Waals surface area contributed by atoms with E-state index in [9.17, 15) is 4.79 Å². The van der Waals surface area contributed by atoms with Crippen LogP contribution in [0.1, 0.15) is 19.8 Å². The van der Waals surface area contributed by atoms with E-state index in [-0.39, 0.29) is 11.6 Å². The molecule has 1 rings (SSSR count). The minimum Gasteiger partial charge on any atom is -0.458 e. The fraction of sp³-hybridized carbons (Fsp3) is 0.833. The molecular formula is C6H9BrO2. The number of cyclic esters (lactones) is 1. The van der Waals surface area contributed by atoms with Crippen molar-refractivity contribution in [3.8, 4) is 0 Å². The molecule has 1 heterocycles. The number of hydrogen-bond donors (Lipinski definition) is 0. The first kappa shape index (κ1) is 7.06. The molecule has 0 unspecified atom stereocenters. The fourth-order valence-corrected chi connectivity index (χ4v) is 1.23. The van der Waals surface area contributed by atoms with Gasteiger partial charge in [0.25, 0.3) is 0 Å². The lowest BCUT2D eigenvalue weighted by atomic mass is 10.1. The molecule has 0 radical (unpaired) electrons. The quantitative estimate of drug-likeness (QED) is 0.465. The van der Waals surface area contributed by atoms with Crippen molar-refractivity contribution in [2.24, 2.45) is 0 Å². The summed E-state index contributed by atoms with van der Waals surface area (Å²) in [6.45, 7) is 1.94. The Hall–Kier alpha value is -0.0500. The lowest BCUT2D eigenvalue weighted by Crippen LogP contribution is -2.25. The Morgan fingerprint density at radius 1 is 1.89 bits per heavy atom. The molecule has 2 nitrogen and oxygen atoms in total. The van der Waals surface area contributed by atoms with Gasteiger partial charge in [-0.2, -0.15) is 0 Å². The number of hydrogen-bond acceptors (Lipinski definition) is 2. The molecule has 0 saturated carbocycles. The van der Waals surface area contributed by atoms with Crippen molar-refractivity contribution < 1.29 is 9.53 Å². The van der Waals surface area contributed by atoms with Crippen LogP contribution in [0.5, 0.6) is 0 Å². The minimum atomic E-state index is -0.225. The summed E-state index contributed by atoms with van der Waals surface area (Å²) >= 11 is 3.28. The van der Waals surface area contributed by atoms with Gasteiger partial charge in [-0.3, -0.25) is 4.79 Å². The predicted molar refractivity (Wildman–Crippen MR) is 37.5 cm³/mol. The van der Waals surface area contributed by atoms with Crippen molar-refractivity contribution in [3.05, 3.63) is 0 Å². The Balaban J connectivity index is 2.54. The molecule has 0 bridgehead atoms. The topological polar surface area (TPSA) is 26.3 Å². The van der Waals surface area contributed by atoms with E-state index in [1.54, 1.807) is 0 Å². The number of alkyl halides is 1. The summed E-state index contributed by atoms with van der Waals surface area (Å²) in [5.74, 6) is -0.0723. The third-order valence-electron chi connectivity index (χ3n) is 1.50. The van der Waals surface area contributed by atoms with Gasteiger partial charge in [-0.1, -0.05) is 15.9 Å². The Morgan fingerprint density at radius 3 is 2.78 bits per heavy atom. The van der Waals surface area contributed by atoms with Crippen LogP contribution in [-0.2, 0) is 9.53 Å². The van der Waals surface area contributed by atoms with Crippen LogP contribution in [0.25, 0.3) is 0 Å². The highest BCUT2D eigenvalue weighted by Gasteiger charge is 2.34. The van der Waals surface area contributed by atoms with Crippen LogP contribution >= 0.6 is 15.9 Å². The smallest absolute Gasteiger partial charge is 0.306 e. The molecule has 0 aromatic carbocycles. The molecule has 0 N–H and O–H groups in total. The van der Waals surface area contributed by atoms with Crippen LogP contribution in [0.15, 0.2) is 0 Å². The normalized spacial score (nSPS) is 34.7. The number of halogens is 1. The van der Waals surface area contributed by atoms with E-state index >= 15 is 0 Å². The van der Waals surface area contributed by atoms with Crippen molar-refractivity contribution in [3.63, 3.8) is 0 Å². The van der Waals surface area contributed by atoms with Crippen molar-refractivity contribution in [1.82, 2.24) is 0 Å². The average Bonchev–Trinajstić information content (AvgIpc) is 2.13. The van der Waals surface area contributed by atoms with E-state index in [4.69, 9.17) is 4.74 Å². The Kier molecular flexibility index (Phi) is 1.80. The summed E-state index contributed by atoms with van der Waals surface area (Å²) in [5.41, 5.74) is -0.225. The highest BCUT2D eigenvalue weighted by atomic mass is 79.9. The Morgan fingerprint density at radius 2 is 2.56 bits per heavy atom. The summed E-state index contributed by atoms with van der Waals surface area (Å²) < 4.78 is 5.01. The van der Waals surface area contributed by atoms with Gasteiger partial charge in [0.2, 0.25) is 0 Å². The van der Waals surface area contributed by atoms with Gasteiger partial charge in [0.15, 0.2) is 0 Å². The van der Waals surface area contributed by atoms with E-state index in [1.807, 2.05) is 6.92 Å². The second-order valence-corrected chi connectivity index (χ2v) is 3.12. The van der Waals surface area contributed by atoms with Gasteiger partial charge in [-0.05, 0) is 13.3 Å². The Bertz CT molecular complexity index is 135. The maximum atomic E-state index is 10.6. The van der Waals surface area contributed by atoms with Crippen molar-refractivity contribution >= 4 is 21.9 Å². The van der Waals surface area contributed by atoms with Crippen LogP contribution in [0.2, 0.25) is 0 Å². The van der Waals surface area contributed by atoms with Gasteiger partial charge in [-0.15, -0.1) is 0 Å². The maximum Gasteiger partial charge on any atom is 0.306 e. The van der Waals surface area contributed by atoms with Crippen molar-refractivity contribution in [2.45, 2.75) is 25.4 Å². The van der Waals surface area contributed by atoms with Gasteiger partial charge >= 0.3 is 5.97 Å². The van der Waals surface area contributed by atoms with E-state index < -0.39 is 0 Å². The van der Waals surface area contributed by atoms with Crippen LogP contribution in [0.3, 0.4) is 0 Å². The fourth-order valence-electron chi connectivity index (χ4n) is 0.837. The maximum absolute atomic E-state index is 10.6. The Labute approximate surface area is 62.7 Å². The lowest BCUT2D eigenvalue weighted by molar-refractivity contribution is -0.145. The van der Waals surface area contributed by atoms with E-state index in [2.05, 4.69) is 15.9 Å². The summed E-state index contributed by atoms with van der Waals surface area (Å²) in [6, 6.07) is 0. The van der Waals surface area contributed by atoms with Crippen LogP contribution in [0.4, 0.5) is 0 Å². The van der Waals surface area contributed by atoms with Gasteiger partial charge in [0.05, 0.1) is 0 Å². The highest BCUT2D eigenvalue weighted by Crippen LogP contribution is 2.27. The molecule has 0 spiro atoms. The van der Waals surface area contributed by atoms with Crippen LogP contribution < -0.4 is 0 Å². The van der Waals surface area contributed by atoms with Crippen molar-refractivity contribution in [2.75, 3.05) is 5.33 Å². The van der Waals surface area contributed by atoms with Gasteiger partial charge in [-0.25, -0.2) is 0 Å². The first-order chi connectivity index (χ1) is 4.16. The molecule has 1 atom stereocenters. The number of ether oxygens (including phenoxy) is 1. The van der Waals surface area contributed by atoms with Crippen LogP contribution in [0, 0.1) is 0 Å². The highest BCUT2D eigenvalue weighted by molar-refractivity contribution is 9.09. The van der Waals surface area contributed by atoms with Crippen molar-refractivity contribution in [1.29, 1.82) is 0 Å². The molecule has 3 heteroatoms. The molecule has 0 aromatic heterocycles. The zero-order chi connectivity index (χ0) is 6.91. The van der Waals surface area contributed by atoms with E-state index in [0.29, 0.717) is 6.42 Å². The van der Waals surface area contributed by atoms with Gasteiger partial charge in [0, 0.05) is 11.8 Å². The van der Waals surface area contributed by atoms with E-state index in [1.165, 1.54) is 0 Å². The first-order valence-electron chi connectivity index (χ1n) is 2.94. The summed E-state index contributed by atoms with van der Waals surface area (Å²) in [6.07, 6.45) is 1.42. The largest absolute Gasteiger partial charge is 0.458 e. The third kappa shape index (κ3) is 1.45. The second-order valence-electron chi connectivity index (χ2n) is 2.56. The molecule has 1 saturated heterocycles. The minimum absolute atomic E-state index is 0.0723. The first-order valence-corrected chi connectivity index (χ1v) is 4.06. The molecule has 1 fully saturated rings. The SMILES string of the molecule is C[C@]1(CBr)CCC(=O)O1. The number of carbonyl (C=O) groups excluding carboxylic acids is 1. The standard InChI is InChI=1S/C6H9BrO2/c1-6(4-7)3-2-5(8)9-6/h2-4H2,1H3/t6-/m1/s1. The van der Waals surface area contributed by atoms with E-state index in [0.717, 1.165) is 11.8 Å². The third-order valence-corrected chi connectivity index (χ3v) is 2.69.